The second kappa shape index (κ2) is 8.19. The summed E-state index contributed by atoms with van der Waals surface area (Å²) in [4.78, 5) is 0. The number of hydrogen-bond acceptors (Lipinski definition) is 1. The van der Waals surface area contributed by atoms with Crippen molar-refractivity contribution in [1.82, 2.24) is 14.2 Å². The van der Waals surface area contributed by atoms with Crippen LogP contribution in [0.5, 0.6) is 0 Å². The predicted molar refractivity (Wildman–Crippen MR) is 158 cm³/mol. The van der Waals surface area contributed by atoms with E-state index in [2.05, 4.69) is 144 Å². The topological polar surface area (TPSA) is 22.2 Å². The molecule has 3 heteroatoms. The maximum atomic E-state index is 4.84. The third-order valence-corrected chi connectivity index (χ3v) is 7.54. The van der Waals surface area contributed by atoms with Crippen LogP contribution in [0.15, 0.2) is 140 Å². The highest BCUT2D eigenvalue weighted by Crippen LogP contribution is 2.33. The molecule has 0 aliphatic rings. The molecule has 3 aromatic heterocycles. The normalized spacial score (nSPS) is 11.7. The van der Waals surface area contributed by atoms with Crippen molar-refractivity contribution < 1.29 is 0 Å². The van der Waals surface area contributed by atoms with Gasteiger partial charge in [-0.05, 0) is 52.9 Å². The molecule has 0 bridgehead atoms. The van der Waals surface area contributed by atoms with Gasteiger partial charge >= 0.3 is 0 Å². The molecule has 38 heavy (non-hydrogen) atoms. The van der Waals surface area contributed by atoms with Gasteiger partial charge < -0.3 is 4.57 Å². The van der Waals surface area contributed by atoms with Gasteiger partial charge in [0.1, 0.15) is 0 Å². The molecule has 3 nitrogen and oxygen atoms in total. The van der Waals surface area contributed by atoms with Crippen LogP contribution in [0.1, 0.15) is 0 Å². The Balaban J connectivity index is 1.14. The fourth-order valence-corrected chi connectivity index (χ4v) is 5.65. The van der Waals surface area contributed by atoms with Crippen molar-refractivity contribution in [3.8, 4) is 28.1 Å². The van der Waals surface area contributed by atoms with Gasteiger partial charge in [0, 0.05) is 33.6 Å². The van der Waals surface area contributed by atoms with E-state index in [1.54, 1.807) is 0 Å². The van der Waals surface area contributed by atoms with Gasteiger partial charge in [-0.15, -0.1) is 0 Å². The van der Waals surface area contributed by atoms with Crippen LogP contribution in [0.4, 0.5) is 0 Å². The molecule has 0 radical (unpaired) electrons. The van der Waals surface area contributed by atoms with Crippen molar-refractivity contribution in [2.24, 2.45) is 0 Å². The molecule has 0 aliphatic carbocycles. The van der Waals surface area contributed by atoms with E-state index in [1.807, 2.05) is 4.52 Å². The number of fused-ring (bicyclic) bond motifs is 5. The molecule has 8 rings (SSSR count). The summed E-state index contributed by atoms with van der Waals surface area (Å²) in [6.07, 6.45) is 2.10. The lowest BCUT2D eigenvalue weighted by Crippen LogP contribution is -1.93. The first-order chi connectivity index (χ1) is 18.8. The van der Waals surface area contributed by atoms with Gasteiger partial charge in [0.15, 0.2) is 0 Å². The Morgan fingerprint density at radius 2 is 1.03 bits per heavy atom. The Morgan fingerprint density at radius 1 is 0.474 bits per heavy atom. The minimum atomic E-state index is 0.980. The second-order valence-electron chi connectivity index (χ2n) is 9.80. The van der Waals surface area contributed by atoms with Gasteiger partial charge in [-0.25, -0.2) is 4.52 Å². The lowest BCUT2D eigenvalue weighted by molar-refractivity contribution is 0.974. The smallest absolute Gasteiger partial charge is 0.0933 e. The van der Waals surface area contributed by atoms with Gasteiger partial charge in [0.25, 0.3) is 0 Å². The molecule has 0 saturated heterocycles. The fourth-order valence-electron chi connectivity index (χ4n) is 5.65. The van der Waals surface area contributed by atoms with Gasteiger partial charge in [-0.2, -0.15) is 5.10 Å². The SMILES string of the molecule is c1ccc2cn3nc(-c4ccc(-c5ccc(-n6c7ccccc7c7ccccc76)cc5)cc4)cc3cc2c1. The van der Waals surface area contributed by atoms with Crippen LogP contribution in [0, 0.1) is 0 Å². The molecule has 5 aromatic carbocycles. The van der Waals surface area contributed by atoms with Crippen LogP contribution < -0.4 is 0 Å². The molecule has 0 fully saturated rings. The summed E-state index contributed by atoms with van der Waals surface area (Å²) in [5.74, 6) is 0. The molecular formula is C35H23N3. The number of aromatic nitrogens is 3. The Morgan fingerprint density at radius 3 is 1.71 bits per heavy atom. The minimum Gasteiger partial charge on any atom is -0.309 e. The van der Waals surface area contributed by atoms with Crippen LogP contribution in [0.25, 0.3) is 66.2 Å². The molecule has 0 amide bonds. The van der Waals surface area contributed by atoms with E-state index in [1.165, 1.54) is 49.4 Å². The molecule has 0 unspecified atom stereocenters. The standard InChI is InChI=1S/C35H23N3/c1-2-8-28-23-37-30(21-27(28)7-1)22-33(36-37)26-15-13-24(14-16-26)25-17-19-29(20-18-25)38-34-11-5-3-9-31(34)32-10-4-6-12-35(32)38/h1-23H. The second-order valence-corrected chi connectivity index (χ2v) is 9.80. The zero-order chi connectivity index (χ0) is 25.1. The summed E-state index contributed by atoms with van der Waals surface area (Å²) in [7, 11) is 0. The monoisotopic (exact) mass is 485 g/mol. The van der Waals surface area contributed by atoms with Gasteiger partial charge in [-0.3, -0.25) is 0 Å². The van der Waals surface area contributed by atoms with E-state index < -0.39 is 0 Å². The Hall–Kier alpha value is -5.15. The number of benzene rings is 5. The zero-order valence-electron chi connectivity index (χ0n) is 20.6. The average Bonchev–Trinajstić information content (AvgIpc) is 3.55. The van der Waals surface area contributed by atoms with Gasteiger partial charge in [0.2, 0.25) is 0 Å². The minimum absolute atomic E-state index is 0.980. The summed E-state index contributed by atoms with van der Waals surface area (Å²) >= 11 is 0. The third kappa shape index (κ3) is 3.26. The molecule has 0 atom stereocenters. The van der Waals surface area contributed by atoms with Crippen LogP contribution in [-0.2, 0) is 0 Å². The van der Waals surface area contributed by atoms with E-state index in [0.717, 1.165) is 16.8 Å². The van der Waals surface area contributed by atoms with E-state index >= 15 is 0 Å². The fraction of sp³-hybridized carbons (Fsp3) is 0. The summed E-state index contributed by atoms with van der Waals surface area (Å²) in [5, 5.41) is 9.82. The Labute approximate surface area is 219 Å². The van der Waals surface area contributed by atoms with E-state index in [-0.39, 0.29) is 0 Å². The predicted octanol–water partition coefficient (Wildman–Crippen LogP) is 8.92. The van der Waals surface area contributed by atoms with Gasteiger partial charge in [-0.1, -0.05) is 97.1 Å². The third-order valence-electron chi connectivity index (χ3n) is 7.54. The average molecular weight is 486 g/mol. The number of hydrogen-bond donors (Lipinski definition) is 0. The van der Waals surface area contributed by atoms with Gasteiger partial charge in [0.05, 0.1) is 22.2 Å². The highest BCUT2D eigenvalue weighted by molar-refractivity contribution is 6.09. The molecule has 8 aromatic rings. The highest BCUT2D eigenvalue weighted by atomic mass is 15.2. The van der Waals surface area contributed by atoms with E-state index in [0.29, 0.717) is 0 Å². The van der Waals surface area contributed by atoms with Crippen molar-refractivity contribution in [2.45, 2.75) is 0 Å². The van der Waals surface area contributed by atoms with Crippen molar-refractivity contribution in [2.75, 3.05) is 0 Å². The first-order valence-electron chi connectivity index (χ1n) is 12.9. The molecular weight excluding hydrogens is 462 g/mol. The number of pyridine rings is 1. The summed E-state index contributed by atoms with van der Waals surface area (Å²) in [6.45, 7) is 0. The lowest BCUT2D eigenvalue weighted by Gasteiger charge is -2.09. The van der Waals surface area contributed by atoms with Crippen LogP contribution in [0.3, 0.4) is 0 Å². The molecule has 0 spiro atoms. The first-order valence-corrected chi connectivity index (χ1v) is 12.9. The number of rotatable bonds is 3. The maximum Gasteiger partial charge on any atom is 0.0933 e. The van der Waals surface area contributed by atoms with Crippen LogP contribution >= 0.6 is 0 Å². The quantitative estimate of drug-likeness (QED) is 0.245. The van der Waals surface area contributed by atoms with Crippen LogP contribution in [0.2, 0.25) is 0 Å². The molecule has 178 valence electrons. The zero-order valence-corrected chi connectivity index (χ0v) is 20.6. The maximum absolute atomic E-state index is 4.84. The summed E-state index contributed by atoms with van der Waals surface area (Å²) in [6, 6.07) is 47.6. The molecule has 3 heterocycles. The molecule has 0 saturated carbocycles. The van der Waals surface area contributed by atoms with E-state index in [4.69, 9.17) is 5.10 Å². The van der Waals surface area contributed by atoms with Crippen molar-refractivity contribution in [1.29, 1.82) is 0 Å². The molecule has 0 aliphatic heterocycles. The largest absolute Gasteiger partial charge is 0.309 e. The molecule has 0 N–H and O–H groups in total. The Kier molecular flexibility index (Phi) is 4.52. The lowest BCUT2D eigenvalue weighted by atomic mass is 10.0. The number of para-hydroxylation sites is 2. The number of nitrogens with zero attached hydrogens (tertiary/aromatic N) is 3. The van der Waals surface area contributed by atoms with Crippen molar-refractivity contribution >= 4 is 38.1 Å². The summed E-state index contributed by atoms with van der Waals surface area (Å²) in [5.41, 5.74) is 9.21. The van der Waals surface area contributed by atoms with Crippen molar-refractivity contribution in [3.05, 3.63) is 140 Å². The Bertz CT molecular complexity index is 2000. The highest BCUT2D eigenvalue weighted by Gasteiger charge is 2.12. The van der Waals surface area contributed by atoms with E-state index in [9.17, 15) is 0 Å². The first kappa shape index (κ1) is 21.0. The van der Waals surface area contributed by atoms with Crippen molar-refractivity contribution in [3.63, 3.8) is 0 Å². The summed E-state index contributed by atoms with van der Waals surface area (Å²) < 4.78 is 4.32. The van der Waals surface area contributed by atoms with Crippen LogP contribution in [-0.4, -0.2) is 14.2 Å².